The number of hydrogen-bond donors (Lipinski definition) is 2. The number of anilines is 5. The van der Waals surface area contributed by atoms with Crippen LogP contribution in [0.3, 0.4) is 0 Å². The molecule has 41 heavy (non-hydrogen) atoms. The smallest absolute Gasteiger partial charge is 0.254 e. The lowest BCUT2D eigenvalue weighted by Crippen LogP contribution is -2.56. The number of carbonyl (C=O) groups excluding carboxylic acids is 1. The van der Waals surface area contributed by atoms with Crippen molar-refractivity contribution < 1.29 is 27.4 Å². The highest BCUT2D eigenvalue weighted by Crippen LogP contribution is 2.45. The maximum absolute atomic E-state index is 14.6. The first-order valence-electron chi connectivity index (χ1n) is 13.2. The molecule has 1 atom stereocenters. The molecule has 1 saturated carbocycles. The zero-order valence-electron chi connectivity index (χ0n) is 22.6. The predicted molar refractivity (Wildman–Crippen MR) is 147 cm³/mol. The molecule has 1 aliphatic heterocycles. The summed E-state index contributed by atoms with van der Waals surface area (Å²) in [5.74, 6) is -2.00. The summed E-state index contributed by atoms with van der Waals surface area (Å²) in [7, 11) is 3.02. The lowest BCUT2D eigenvalue weighted by atomic mass is 9.89. The Balaban J connectivity index is 1.44. The lowest BCUT2D eigenvalue weighted by Gasteiger charge is -2.46. The van der Waals surface area contributed by atoms with Crippen molar-refractivity contribution in [2.45, 2.75) is 50.6 Å². The second kappa shape index (κ2) is 10.1. The number of rotatable bonds is 6. The van der Waals surface area contributed by atoms with Gasteiger partial charge in [-0.15, -0.1) is 0 Å². The number of carbonyl (C=O) groups is 1. The molecule has 2 aromatic heterocycles. The molecular weight excluding hydrogens is 539 g/mol. The van der Waals surface area contributed by atoms with Crippen molar-refractivity contribution in [2.75, 3.05) is 29.3 Å². The molecule has 0 unspecified atom stereocenters. The third kappa shape index (κ3) is 4.74. The second-order valence-corrected chi connectivity index (χ2v) is 10.2. The Morgan fingerprint density at radius 1 is 1.07 bits per heavy atom. The summed E-state index contributed by atoms with van der Waals surface area (Å²) in [5, 5.41) is 10.1. The molecule has 4 aromatic rings. The highest BCUT2D eigenvalue weighted by Gasteiger charge is 2.45. The van der Waals surface area contributed by atoms with Crippen LogP contribution in [0.15, 0.2) is 42.7 Å². The van der Waals surface area contributed by atoms with Gasteiger partial charge in [-0.1, -0.05) is 0 Å². The minimum Gasteiger partial charge on any atom is -0.493 e. The molecule has 6 rings (SSSR count). The topological polar surface area (TPSA) is 109 Å². The van der Waals surface area contributed by atoms with Crippen LogP contribution in [0, 0.1) is 5.82 Å². The molecule has 1 fully saturated rings. The maximum Gasteiger partial charge on any atom is 0.254 e. The van der Waals surface area contributed by atoms with E-state index in [1.165, 1.54) is 37.6 Å². The van der Waals surface area contributed by atoms with Gasteiger partial charge in [0, 0.05) is 36.0 Å². The fourth-order valence-electron chi connectivity index (χ4n) is 5.62. The Morgan fingerprint density at radius 2 is 1.83 bits per heavy atom. The minimum absolute atomic E-state index is 0.158. The molecule has 214 valence electrons. The van der Waals surface area contributed by atoms with Gasteiger partial charge in [0.1, 0.15) is 17.2 Å². The van der Waals surface area contributed by atoms with Crippen LogP contribution in [0.5, 0.6) is 11.5 Å². The van der Waals surface area contributed by atoms with E-state index in [-0.39, 0.29) is 49.1 Å². The third-order valence-corrected chi connectivity index (χ3v) is 7.69. The predicted octanol–water partition coefficient (Wildman–Crippen LogP) is 5.70. The molecule has 1 amide bonds. The number of nitrogens with zero attached hydrogens (tertiary/aromatic N) is 5. The number of methoxy groups -OCH3 is 2. The molecule has 0 spiro atoms. The van der Waals surface area contributed by atoms with E-state index in [2.05, 4.69) is 20.5 Å². The quantitative estimate of drug-likeness (QED) is 0.305. The van der Waals surface area contributed by atoms with Gasteiger partial charge >= 0.3 is 0 Å². The molecule has 10 nitrogen and oxygen atoms in total. The standard InChI is InChI=1S/C28H28F3N7O3/c1-15-26(39)38(19-4-5-22(40-2)23(12-19)41-3)21-14-32-27(34-17-10-16-13-33-36-24(16)20(29)11-17)35-25(21)37(15)18-6-8-28(30,31)9-7-18/h4-5,10-15,18H,6-9H2,1-3H3,(H,33,36)(H,32,34,35)/t15-/m1/s1. The summed E-state index contributed by atoms with van der Waals surface area (Å²) in [5.41, 5.74) is 1.57. The van der Waals surface area contributed by atoms with Gasteiger partial charge < -0.3 is 19.7 Å². The molecule has 2 aliphatic rings. The number of aromatic nitrogens is 4. The summed E-state index contributed by atoms with van der Waals surface area (Å²) in [6.07, 6.45) is 2.87. The second-order valence-electron chi connectivity index (χ2n) is 10.2. The Morgan fingerprint density at radius 3 is 2.56 bits per heavy atom. The molecule has 2 aromatic carbocycles. The normalized spacial score (nSPS) is 18.9. The third-order valence-electron chi connectivity index (χ3n) is 7.69. The maximum atomic E-state index is 14.6. The number of H-pyrrole nitrogens is 1. The van der Waals surface area contributed by atoms with Crippen LogP contribution in [0.25, 0.3) is 10.9 Å². The molecule has 3 heterocycles. The number of halogens is 3. The van der Waals surface area contributed by atoms with Crippen LogP contribution in [-0.2, 0) is 4.79 Å². The summed E-state index contributed by atoms with van der Waals surface area (Å²) >= 11 is 0. The van der Waals surface area contributed by atoms with Crippen LogP contribution >= 0.6 is 0 Å². The number of alkyl halides is 2. The first kappa shape index (κ1) is 26.7. The SMILES string of the molecule is COc1ccc(N2C(=O)[C@@H](C)N(C3CCC(F)(F)CC3)c3nc(Nc4cc(F)c5[nH]ncc5c4)ncc32)cc1OC. The minimum atomic E-state index is -2.73. The van der Waals surface area contributed by atoms with E-state index in [0.29, 0.717) is 39.8 Å². The van der Waals surface area contributed by atoms with Gasteiger partial charge in [0.05, 0.1) is 32.3 Å². The van der Waals surface area contributed by atoms with Gasteiger partial charge in [0.25, 0.3) is 5.91 Å². The van der Waals surface area contributed by atoms with Crippen LogP contribution in [0.4, 0.5) is 42.0 Å². The molecule has 0 saturated heterocycles. The first-order valence-corrected chi connectivity index (χ1v) is 13.2. The lowest BCUT2D eigenvalue weighted by molar-refractivity contribution is -0.119. The fourth-order valence-corrected chi connectivity index (χ4v) is 5.62. The Labute approximate surface area is 233 Å². The summed E-state index contributed by atoms with van der Waals surface area (Å²) in [4.78, 5) is 26.4. The number of fused-ring (bicyclic) bond motifs is 2. The van der Waals surface area contributed by atoms with Crippen LogP contribution in [0.2, 0.25) is 0 Å². The first-order chi connectivity index (χ1) is 19.7. The fraction of sp³-hybridized carbons (Fsp3) is 0.357. The van der Waals surface area contributed by atoms with Crippen molar-refractivity contribution in [1.29, 1.82) is 0 Å². The van der Waals surface area contributed by atoms with Crippen molar-refractivity contribution in [3.8, 4) is 11.5 Å². The van der Waals surface area contributed by atoms with E-state index < -0.39 is 17.8 Å². The summed E-state index contributed by atoms with van der Waals surface area (Å²) in [6.45, 7) is 1.74. The van der Waals surface area contributed by atoms with Crippen LogP contribution in [-0.4, -0.2) is 58.3 Å². The Bertz CT molecular complexity index is 1620. The molecular formula is C28H28F3N7O3. The van der Waals surface area contributed by atoms with Crippen molar-refractivity contribution in [3.63, 3.8) is 0 Å². The number of nitrogens with one attached hydrogen (secondary N) is 2. The van der Waals surface area contributed by atoms with Gasteiger partial charge in [-0.05, 0) is 44.0 Å². The summed E-state index contributed by atoms with van der Waals surface area (Å²) in [6, 6.07) is 7.05. The van der Waals surface area contributed by atoms with E-state index >= 15 is 0 Å². The van der Waals surface area contributed by atoms with Gasteiger partial charge in [-0.3, -0.25) is 14.8 Å². The van der Waals surface area contributed by atoms with Crippen molar-refractivity contribution in [2.24, 2.45) is 0 Å². The Kier molecular flexibility index (Phi) is 6.59. The largest absolute Gasteiger partial charge is 0.493 e. The van der Waals surface area contributed by atoms with Crippen molar-refractivity contribution in [3.05, 3.63) is 48.5 Å². The number of ether oxygens (including phenoxy) is 2. The number of hydrogen-bond acceptors (Lipinski definition) is 8. The van der Waals surface area contributed by atoms with Gasteiger partial charge in [0.2, 0.25) is 11.9 Å². The van der Waals surface area contributed by atoms with Gasteiger partial charge in [0.15, 0.2) is 23.1 Å². The van der Waals surface area contributed by atoms with Gasteiger partial charge in [-0.2, -0.15) is 10.1 Å². The highest BCUT2D eigenvalue weighted by molar-refractivity contribution is 6.10. The van der Waals surface area contributed by atoms with Crippen LogP contribution in [0.1, 0.15) is 32.6 Å². The molecule has 1 aliphatic carbocycles. The van der Waals surface area contributed by atoms with Crippen LogP contribution < -0.4 is 24.6 Å². The monoisotopic (exact) mass is 567 g/mol. The average Bonchev–Trinajstić information content (AvgIpc) is 3.44. The highest BCUT2D eigenvalue weighted by atomic mass is 19.3. The van der Waals surface area contributed by atoms with E-state index in [1.807, 2.05) is 4.90 Å². The average molecular weight is 568 g/mol. The van der Waals surface area contributed by atoms with Crippen molar-refractivity contribution in [1.82, 2.24) is 20.2 Å². The number of aromatic amines is 1. The molecule has 13 heteroatoms. The molecule has 0 radical (unpaired) electrons. The summed E-state index contributed by atoms with van der Waals surface area (Å²) < 4.78 is 53.5. The zero-order chi connectivity index (χ0) is 28.9. The molecule has 2 N–H and O–H groups in total. The molecule has 0 bridgehead atoms. The van der Waals surface area contributed by atoms with E-state index in [4.69, 9.17) is 14.5 Å². The Hall–Kier alpha value is -4.55. The number of amides is 1. The van der Waals surface area contributed by atoms with Gasteiger partial charge in [-0.25, -0.2) is 18.2 Å². The van der Waals surface area contributed by atoms with E-state index in [9.17, 15) is 18.0 Å². The van der Waals surface area contributed by atoms with E-state index in [0.717, 1.165) is 0 Å². The number of benzene rings is 2. The zero-order valence-corrected chi connectivity index (χ0v) is 22.6. The van der Waals surface area contributed by atoms with E-state index in [1.54, 1.807) is 31.2 Å². The van der Waals surface area contributed by atoms with Crippen molar-refractivity contribution >= 4 is 45.6 Å².